The van der Waals surface area contributed by atoms with Crippen LogP contribution in [-0.4, -0.2) is 12.1 Å². The molecule has 0 aromatic heterocycles. The molecule has 7 atom stereocenters. The van der Waals surface area contributed by atoms with E-state index in [9.17, 15) is 10.1 Å². The van der Waals surface area contributed by atoms with Gasteiger partial charge >= 0.3 is 5.97 Å². The zero-order valence-electron chi connectivity index (χ0n) is 17.0. The Bertz CT molecular complexity index is 882. The van der Waals surface area contributed by atoms with Crippen LogP contribution < -0.4 is 0 Å². The molecule has 4 aliphatic carbocycles. The molecule has 3 saturated carbocycles. The number of hydrogen-bond donors (Lipinski definition) is 0. The van der Waals surface area contributed by atoms with E-state index in [4.69, 9.17) is 4.74 Å². The number of fused-ring (bicyclic) bond motifs is 4. The van der Waals surface area contributed by atoms with Crippen LogP contribution in [0.3, 0.4) is 0 Å². The topological polar surface area (TPSA) is 50.1 Å². The molecule has 0 heterocycles. The molecule has 0 amide bonds. The average molecular weight is 376 g/mol. The smallest absolute Gasteiger partial charge is 0.328 e. The average Bonchev–Trinajstić information content (AvgIpc) is 3.39. The molecule has 0 unspecified atom stereocenters. The summed E-state index contributed by atoms with van der Waals surface area (Å²) < 4.78 is 6.27. The molecule has 0 saturated heterocycles. The van der Waals surface area contributed by atoms with Crippen molar-refractivity contribution in [3.05, 3.63) is 48.0 Å². The summed E-state index contributed by atoms with van der Waals surface area (Å²) in [6.07, 6.45) is 8.36. The number of rotatable bonds is 3. The lowest BCUT2D eigenvalue weighted by Crippen LogP contribution is -2.45. The molecule has 4 bridgehead atoms. The number of allylic oxidation sites excluding steroid dienone is 2. The number of nitrogens with zero attached hydrogens (tertiary/aromatic N) is 1. The first-order valence-corrected chi connectivity index (χ1v) is 10.7. The van der Waals surface area contributed by atoms with Crippen molar-refractivity contribution in [2.45, 2.75) is 58.5 Å². The summed E-state index contributed by atoms with van der Waals surface area (Å²) in [4.78, 5) is 13.7. The number of esters is 1. The molecule has 3 nitrogen and oxygen atoms in total. The molecule has 0 aliphatic heterocycles. The van der Waals surface area contributed by atoms with Crippen LogP contribution in [0.5, 0.6) is 0 Å². The minimum atomic E-state index is -1.09. The van der Waals surface area contributed by atoms with E-state index in [1.54, 1.807) is 0 Å². The van der Waals surface area contributed by atoms with Crippen molar-refractivity contribution >= 4 is 5.97 Å². The van der Waals surface area contributed by atoms with Gasteiger partial charge in [-0.05, 0) is 48.5 Å². The van der Waals surface area contributed by atoms with Gasteiger partial charge in [0.15, 0.2) is 5.41 Å². The number of carbonyl (C=O) groups excluding carboxylic acids is 1. The number of hydrogen-bond acceptors (Lipinski definition) is 3. The van der Waals surface area contributed by atoms with Crippen LogP contribution >= 0.6 is 0 Å². The van der Waals surface area contributed by atoms with Crippen molar-refractivity contribution in [2.75, 3.05) is 0 Å². The van der Waals surface area contributed by atoms with E-state index in [1.165, 1.54) is 6.42 Å². The van der Waals surface area contributed by atoms with Crippen molar-refractivity contribution in [3.63, 3.8) is 0 Å². The van der Waals surface area contributed by atoms with Crippen LogP contribution in [0, 0.1) is 45.3 Å². The fourth-order valence-electron chi connectivity index (χ4n) is 7.06. The van der Waals surface area contributed by atoms with Crippen LogP contribution in [0.15, 0.2) is 42.5 Å². The maximum Gasteiger partial charge on any atom is 0.328 e. The third-order valence-corrected chi connectivity index (χ3v) is 9.26. The Morgan fingerprint density at radius 1 is 1.14 bits per heavy atom. The molecular weight excluding hydrogens is 346 g/mol. The van der Waals surface area contributed by atoms with E-state index in [0.29, 0.717) is 5.92 Å². The van der Waals surface area contributed by atoms with Gasteiger partial charge in [-0.15, -0.1) is 0 Å². The highest BCUT2D eigenvalue weighted by atomic mass is 16.5. The van der Waals surface area contributed by atoms with Gasteiger partial charge in [-0.25, -0.2) is 0 Å². The van der Waals surface area contributed by atoms with E-state index in [1.807, 2.05) is 18.2 Å². The Labute approximate surface area is 167 Å². The molecule has 5 rings (SSSR count). The van der Waals surface area contributed by atoms with Crippen molar-refractivity contribution in [1.29, 1.82) is 5.26 Å². The molecule has 28 heavy (non-hydrogen) atoms. The standard InChI is InChI=1S/C25H29NO2/c1-23(2)18-11-12-24(23,3)20(14-18)28-22(27)25(15-26)19-10-9-17(13-19)21(25)16-7-5-4-6-8-16/h4-10,17-21H,11-14H2,1-3H3/t17-,18+,19+,20-,21+,24-,25+/m1/s1. The van der Waals surface area contributed by atoms with E-state index in [-0.39, 0.29) is 40.7 Å². The highest BCUT2D eigenvalue weighted by Gasteiger charge is 2.66. The zero-order valence-corrected chi connectivity index (χ0v) is 17.0. The first-order valence-electron chi connectivity index (χ1n) is 10.7. The molecule has 0 radical (unpaired) electrons. The zero-order chi connectivity index (χ0) is 19.7. The first-order chi connectivity index (χ1) is 13.3. The summed E-state index contributed by atoms with van der Waals surface area (Å²) in [7, 11) is 0. The lowest BCUT2D eigenvalue weighted by atomic mass is 9.66. The SMILES string of the molecule is CC1(C)[C@H]2CC[C@]1(C)[C@H](OC(=O)[C@@]1(C#N)[C@H]3C=C[C@H](C3)[C@@H]1c1ccccc1)C2. The van der Waals surface area contributed by atoms with Gasteiger partial charge in [0.1, 0.15) is 6.10 Å². The summed E-state index contributed by atoms with van der Waals surface area (Å²) in [6.45, 7) is 6.93. The molecule has 1 aromatic rings. The minimum absolute atomic E-state index is 0.0136. The molecule has 1 aromatic carbocycles. The third kappa shape index (κ3) is 2.02. The van der Waals surface area contributed by atoms with Crippen molar-refractivity contribution < 1.29 is 9.53 Å². The van der Waals surface area contributed by atoms with Crippen molar-refractivity contribution in [2.24, 2.45) is 34.0 Å². The highest BCUT2D eigenvalue weighted by Crippen LogP contribution is 2.67. The Kier molecular flexibility index (Phi) is 3.67. The molecule has 3 heteroatoms. The molecule has 4 aliphatic rings. The second kappa shape index (κ2) is 5.72. The first kappa shape index (κ1) is 18.0. The molecule has 3 fully saturated rings. The fourth-order valence-corrected chi connectivity index (χ4v) is 7.06. The fraction of sp³-hybridized carbons (Fsp3) is 0.600. The summed E-state index contributed by atoms with van der Waals surface area (Å²) in [6, 6.07) is 12.6. The predicted molar refractivity (Wildman–Crippen MR) is 107 cm³/mol. The number of ether oxygens (including phenoxy) is 1. The van der Waals surface area contributed by atoms with Gasteiger partial charge in [-0.3, -0.25) is 4.79 Å². The van der Waals surface area contributed by atoms with Crippen LogP contribution in [0.2, 0.25) is 0 Å². The predicted octanol–water partition coefficient (Wildman–Crippen LogP) is 5.24. The van der Waals surface area contributed by atoms with Gasteiger partial charge in [0.05, 0.1) is 6.07 Å². The highest BCUT2D eigenvalue weighted by molar-refractivity contribution is 5.84. The maximum atomic E-state index is 13.7. The molecule has 0 N–H and O–H groups in total. The monoisotopic (exact) mass is 375 g/mol. The van der Waals surface area contributed by atoms with E-state index in [0.717, 1.165) is 24.8 Å². The Morgan fingerprint density at radius 3 is 2.50 bits per heavy atom. The molecule has 0 spiro atoms. The quantitative estimate of drug-likeness (QED) is 0.536. The van der Waals surface area contributed by atoms with Crippen molar-refractivity contribution in [1.82, 2.24) is 0 Å². The van der Waals surface area contributed by atoms with E-state index in [2.05, 4.69) is 51.1 Å². The van der Waals surface area contributed by atoms with E-state index < -0.39 is 5.41 Å². The van der Waals surface area contributed by atoms with Crippen molar-refractivity contribution in [3.8, 4) is 6.07 Å². The molecule has 146 valence electrons. The second-order valence-electron chi connectivity index (χ2n) is 10.3. The van der Waals surface area contributed by atoms with Gasteiger partial charge < -0.3 is 4.74 Å². The largest absolute Gasteiger partial charge is 0.461 e. The van der Waals surface area contributed by atoms with Gasteiger partial charge in [0.2, 0.25) is 0 Å². The summed E-state index contributed by atoms with van der Waals surface area (Å²) >= 11 is 0. The van der Waals surface area contributed by atoms with Crippen LogP contribution in [-0.2, 0) is 9.53 Å². The number of benzene rings is 1. The van der Waals surface area contributed by atoms with E-state index >= 15 is 0 Å². The Balaban J connectivity index is 1.49. The lowest BCUT2D eigenvalue weighted by Gasteiger charge is -2.41. The molecular formula is C25H29NO2. The van der Waals surface area contributed by atoms with Crippen LogP contribution in [0.25, 0.3) is 0 Å². The summed E-state index contributed by atoms with van der Waals surface area (Å²) in [5.41, 5.74) is 0.186. The Hall–Kier alpha value is -2.08. The van der Waals surface area contributed by atoms with Crippen LogP contribution in [0.1, 0.15) is 57.9 Å². The third-order valence-electron chi connectivity index (χ3n) is 9.26. The number of carbonyl (C=O) groups is 1. The van der Waals surface area contributed by atoms with Gasteiger partial charge in [0, 0.05) is 17.3 Å². The lowest BCUT2D eigenvalue weighted by molar-refractivity contribution is -0.168. The maximum absolute atomic E-state index is 13.7. The normalized spacial score (nSPS) is 44.6. The van der Waals surface area contributed by atoms with Gasteiger partial charge in [0.25, 0.3) is 0 Å². The number of nitriles is 1. The van der Waals surface area contributed by atoms with Gasteiger partial charge in [-0.2, -0.15) is 5.26 Å². The second-order valence-corrected chi connectivity index (χ2v) is 10.3. The summed E-state index contributed by atoms with van der Waals surface area (Å²) in [5.74, 6) is 0.417. The summed E-state index contributed by atoms with van der Waals surface area (Å²) in [5, 5.41) is 10.3. The van der Waals surface area contributed by atoms with Crippen LogP contribution in [0.4, 0.5) is 0 Å². The Morgan fingerprint density at radius 2 is 1.89 bits per heavy atom. The van der Waals surface area contributed by atoms with Gasteiger partial charge in [-0.1, -0.05) is 63.3 Å². The minimum Gasteiger partial charge on any atom is -0.461 e.